The minimum atomic E-state index is -1.15. The molecule has 2 fully saturated rings. The van der Waals surface area contributed by atoms with Crippen molar-refractivity contribution in [3.8, 4) is 11.8 Å². The van der Waals surface area contributed by atoms with E-state index in [-0.39, 0.29) is 25.5 Å². The standard InChI is InChI=1S/C26H32N2O6/c1-6-19-16-26(19,23(30)32-5)27-22(29)21-15-20(17-28(21)24(31)34-25(2,3)4)33-14-10-13-18-11-8-7-9-12-18/h6-9,11-12,19-21H,1,14-17H2,2-5H3,(H,27,29)/t19?,20-,21+,26-/m1/s1. The van der Waals surface area contributed by atoms with E-state index in [1.165, 1.54) is 12.0 Å². The van der Waals surface area contributed by atoms with Gasteiger partial charge in [0.1, 0.15) is 23.8 Å². The number of hydrogen-bond acceptors (Lipinski definition) is 6. The number of methoxy groups -OCH3 is 1. The van der Waals surface area contributed by atoms with Crippen LogP contribution in [0.5, 0.6) is 0 Å². The molecular weight excluding hydrogens is 436 g/mol. The van der Waals surface area contributed by atoms with Crippen LogP contribution in [0.1, 0.15) is 39.2 Å². The zero-order valence-corrected chi connectivity index (χ0v) is 20.1. The average molecular weight is 469 g/mol. The van der Waals surface area contributed by atoms with Gasteiger partial charge in [-0.05, 0) is 39.3 Å². The van der Waals surface area contributed by atoms with Crippen molar-refractivity contribution in [3.05, 3.63) is 48.6 Å². The molecule has 0 radical (unpaired) electrons. The lowest BCUT2D eigenvalue weighted by Crippen LogP contribution is -2.53. The highest BCUT2D eigenvalue weighted by Gasteiger charge is 2.61. The van der Waals surface area contributed by atoms with Crippen LogP contribution in [0.15, 0.2) is 43.0 Å². The summed E-state index contributed by atoms with van der Waals surface area (Å²) < 4.78 is 16.3. The van der Waals surface area contributed by atoms with E-state index in [4.69, 9.17) is 14.2 Å². The van der Waals surface area contributed by atoms with E-state index in [0.717, 1.165) is 5.56 Å². The van der Waals surface area contributed by atoms with E-state index < -0.39 is 41.3 Å². The number of nitrogens with one attached hydrogen (secondary N) is 1. The Balaban J connectivity index is 1.70. The number of nitrogens with zero attached hydrogens (tertiary/aromatic N) is 1. The van der Waals surface area contributed by atoms with Crippen molar-refractivity contribution in [3.63, 3.8) is 0 Å². The smallest absolute Gasteiger partial charge is 0.411 e. The summed E-state index contributed by atoms with van der Waals surface area (Å²) in [6.45, 7) is 9.33. The first-order chi connectivity index (χ1) is 16.1. The van der Waals surface area contributed by atoms with Crippen molar-refractivity contribution >= 4 is 18.0 Å². The molecule has 0 aromatic heterocycles. The minimum Gasteiger partial charge on any atom is -0.467 e. The molecule has 3 rings (SSSR count). The molecule has 4 atom stereocenters. The Morgan fingerprint density at radius 3 is 2.56 bits per heavy atom. The Labute approximate surface area is 200 Å². The second kappa shape index (κ2) is 10.3. The predicted molar refractivity (Wildman–Crippen MR) is 126 cm³/mol. The summed E-state index contributed by atoms with van der Waals surface area (Å²) in [4.78, 5) is 39.8. The number of amides is 2. The molecule has 2 aliphatic rings. The topological polar surface area (TPSA) is 94.2 Å². The molecule has 1 unspecified atom stereocenters. The van der Waals surface area contributed by atoms with Gasteiger partial charge in [0.15, 0.2) is 0 Å². The lowest BCUT2D eigenvalue weighted by Gasteiger charge is -2.28. The third-order valence-corrected chi connectivity index (χ3v) is 5.79. The van der Waals surface area contributed by atoms with Gasteiger partial charge in [-0.1, -0.05) is 36.1 Å². The molecule has 1 aliphatic heterocycles. The van der Waals surface area contributed by atoms with Gasteiger partial charge in [-0.25, -0.2) is 9.59 Å². The lowest BCUT2D eigenvalue weighted by molar-refractivity contribution is -0.147. The summed E-state index contributed by atoms with van der Waals surface area (Å²) in [5.74, 6) is 4.77. The summed E-state index contributed by atoms with van der Waals surface area (Å²) in [7, 11) is 1.28. The maximum atomic E-state index is 13.2. The molecule has 1 saturated carbocycles. The van der Waals surface area contributed by atoms with Gasteiger partial charge in [0.2, 0.25) is 5.91 Å². The SMILES string of the molecule is C=CC1C[C@]1(NC(=O)[C@@H]1C[C@@H](OCC#Cc2ccccc2)CN1C(=O)OC(C)(C)C)C(=O)OC. The highest BCUT2D eigenvalue weighted by atomic mass is 16.6. The largest absolute Gasteiger partial charge is 0.467 e. The molecule has 1 aliphatic carbocycles. The Bertz CT molecular complexity index is 990. The van der Waals surface area contributed by atoms with Gasteiger partial charge in [0, 0.05) is 17.9 Å². The molecule has 2 amide bonds. The quantitative estimate of drug-likeness (QED) is 0.392. The average Bonchev–Trinajstić information content (AvgIpc) is 3.33. The van der Waals surface area contributed by atoms with E-state index in [0.29, 0.717) is 6.42 Å². The molecule has 0 spiro atoms. The van der Waals surface area contributed by atoms with Crippen LogP contribution in [0.25, 0.3) is 0 Å². The molecule has 1 heterocycles. The fourth-order valence-corrected chi connectivity index (χ4v) is 4.00. The first kappa shape index (κ1) is 25.3. The van der Waals surface area contributed by atoms with Gasteiger partial charge in [-0.3, -0.25) is 9.69 Å². The molecule has 8 nitrogen and oxygen atoms in total. The number of benzene rings is 1. The maximum Gasteiger partial charge on any atom is 0.411 e. The Morgan fingerprint density at radius 1 is 1.26 bits per heavy atom. The Kier molecular flexibility index (Phi) is 7.68. The number of likely N-dealkylation sites (tertiary alicyclic amines) is 1. The van der Waals surface area contributed by atoms with Gasteiger partial charge >= 0.3 is 12.1 Å². The van der Waals surface area contributed by atoms with Crippen LogP contribution < -0.4 is 5.32 Å². The first-order valence-corrected chi connectivity index (χ1v) is 11.3. The highest BCUT2D eigenvalue weighted by molar-refractivity contribution is 5.94. The Morgan fingerprint density at radius 2 is 1.97 bits per heavy atom. The highest BCUT2D eigenvalue weighted by Crippen LogP contribution is 2.45. The van der Waals surface area contributed by atoms with Gasteiger partial charge in [-0.2, -0.15) is 0 Å². The molecule has 1 aromatic carbocycles. The van der Waals surface area contributed by atoms with Crippen molar-refractivity contribution < 1.29 is 28.6 Å². The van der Waals surface area contributed by atoms with E-state index in [1.54, 1.807) is 26.8 Å². The van der Waals surface area contributed by atoms with E-state index in [2.05, 4.69) is 23.7 Å². The normalized spacial score (nSPS) is 25.5. The van der Waals surface area contributed by atoms with Crippen molar-refractivity contribution in [2.45, 2.75) is 56.9 Å². The number of carbonyl (C=O) groups excluding carboxylic acids is 3. The molecule has 1 N–H and O–H groups in total. The fourth-order valence-electron chi connectivity index (χ4n) is 4.00. The summed E-state index contributed by atoms with van der Waals surface area (Å²) >= 11 is 0. The first-order valence-electron chi connectivity index (χ1n) is 11.3. The zero-order valence-electron chi connectivity index (χ0n) is 20.1. The number of ether oxygens (including phenoxy) is 3. The number of hydrogen-bond donors (Lipinski definition) is 1. The fraction of sp³-hybridized carbons (Fsp3) is 0.500. The summed E-state index contributed by atoms with van der Waals surface area (Å²) in [5, 5.41) is 2.80. The van der Waals surface area contributed by atoms with Gasteiger partial charge in [-0.15, -0.1) is 6.58 Å². The number of rotatable bonds is 6. The molecule has 182 valence electrons. The lowest BCUT2D eigenvalue weighted by atomic mass is 10.1. The van der Waals surface area contributed by atoms with Crippen LogP contribution >= 0.6 is 0 Å². The van der Waals surface area contributed by atoms with Crippen LogP contribution in [0.4, 0.5) is 4.79 Å². The molecule has 34 heavy (non-hydrogen) atoms. The van der Waals surface area contributed by atoms with Gasteiger partial charge in [0.25, 0.3) is 0 Å². The van der Waals surface area contributed by atoms with Crippen molar-refractivity contribution in [1.29, 1.82) is 0 Å². The third-order valence-electron chi connectivity index (χ3n) is 5.79. The molecule has 1 aromatic rings. The van der Waals surface area contributed by atoms with Gasteiger partial charge < -0.3 is 19.5 Å². The summed E-state index contributed by atoms with van der Waals surface area (Å²) in [5.41, 5.74) is -0.997. The van der Waals surface area contributed by atoms with E-state index in [1.807, 2.05) is 30.3 Å². The van der Waals surface area contributed by atoms with Crippen LogP contribution in [0.2, 0.25) is 0 Å². The second-order valence-electron chi connectivity index (χ2n) is 9.48. The minimum absolute atomic E-state index is 0.153. The van der Waals surface area contributed by atoms with Crippen LogP contribution in [0, 0.1) is 17.8 Å². The molecule has 8 heteroatoms. The second-order valence-corrected chi connectivity index (χ2v) is 9.48. The predicted octanol–water partition coefficient (Wildman–Crippen LogP) is 2.67. The maximum absolute atomic E-state index is 13.2. The van der Waals surface area contributed by atoms with E-state index >= 15 is 0 Å². The van der Waals surface area contributed by atoms with Crippen LogP contribution in [-0.2, 0) is 23.8 Å². The zero-order chi connectivity index (χ0) is 24.9. The van der Waals surface area contributed by atoms with Gasteiger partial charge in [0.05, 0.1) is 19.8 Å². The van der Waals surface area contributed by atoms with Crippen molar-refractivity contribution in [2.75, 3.05) is 20.3 Å². The summed E-state index contributed by atoms with van der Waals surface area (Å²) in [6.07, 6.45) is 1.26. The monoisotopic (exact) mass is 468 g/mol. The third kappa shape index (κ3) is 5.97. The van der Waals surface area contributed by atoms with Crippen LogP contribution in [-0.4, -0.2) is 66.4 Å². The number of carbonyl (C=O) groups is 3. The number of esters is 1. The molecular formula is C26H32N2O6. The van der Waals surface area contributed by atoms with Crippen molar-refractivity contribution in [2.24, 2.45) is 5.92 Å². The summed E-state index contributed by atoms with van der Waals surface area (Å²) in [6, 6.07) is 8.68. The molecule has 0 bridgehead atoms. The Hall–Kier alpha value is -3.31. The van der Waals surface area contributed by atoms with Crippen LogP contribution in [0.3, 0.4) is 0 Å². The van der Waals surface area contributed by atoms with E-state index in [9.17, 15) is 14.4 Å². The molecule has 1 saturated heterocycles. The van der Waals surface area contributed by atoms with Crippen molar-refractivity contribution in [1.82, 2.24) is 10.2 Å².